The van der Waals surface area contributed by atoms with E-state index in [4.69, 9.17) is 0 Å². The Morgan fingerprint density at radius 2 is 2.05 bits per heavy atom. The van der Waals surface area contributed by atoms with Gasteiger partial charge in [-0.2, -0.15) is 0 Å². The summed E-state index contributed by atoms with van der Waals surface area (Å²) in [6.07, 6.45) is 6.79. The van der Waals surface area contributed by atoms with Crippen molar-refractivity contribution in [3.05, 3.63) is 33.9 Å². The average Bonchev–Trinajstić information content (AvgIpc) is 2.46. The number of carbonyl (C=O) groups is 1. The van der Waals surface area contributed by atoms with Crippen LogP contribution in [-0.4, -0.2) is 17.8 Å². The van der Waals surface area contributed by atoms with Crippen LogP contribution in [0.2, 0.25) is 0 Å². The van der Waals surface area contributed by atoms with Crippen molar-refractivity contribution in [1.29, 1.82) is 0 Å². The lowest BCUT2D eigenvalue weighted by molar-refractivity contribution is -0.384. The molecule has 0 amide bonds. The Hall–Kier alpha value is -1.91. The summed E-state index contributed by atoms with van der Waals surface area (Å²) in [5.74, 6) is 0.596. The molecular weight excluding hydrogens is 244 g/mol. The molecule has 1 saturated carbocycles. The predicted molar refractivity (Wildman–Crippen MR) is 73.5 cm³/mol. The zero-order chi connectivity index (χ0) is 13.7. The Bertz CT molecular complexity index is 468. The topological polar surface area (TPSA) is 72.2 Å². The van der Waals surface area contributed by atoms with Gasteiger partial charge in [0.25, 0.3) is 5.69 Å². The van der Waals surface area contributed by atoms with Crippen LogP contribution >= 0.6 is 0 Å². The molecule has 0 saturated heterocycles. The number of hydrogen-bond donors (Lipinski definition) is 1. The first-order valence-corrected chi connectivity index (χ1v) is 6.68. The second-order valence-corrected chi connectivity index (χ2v) is 5.04. The Morgan fingerprint density at radius 1 is 1.32 bits per heavy atom. The number of aldehydes is 1. The Balaban J connectivity index is 2.06. The van der Waals surface area contributed by atoms with Crippen molar-refractivity contribution < 1.29 is 9.72 Å². The number of anilines is 1. The fourth-order valence-electron chi connectivity index (χ4n) is 2.57. The van der Waals surface area contributed by atoms with Gasteiger partial charge >= 0.3 is 0 Å². The molecule has 0 unspecified atom stereocenters. The SMILES string of the molecule is O=Cc1ccc(NCC2CCCCC2)c([N+](=O)[O-])c1. The minimum absolute atomic E-state index is 0.0274. The van der Waals surface area contributed by atoms with Gasteiger partial charge in [0.1, 0.15) is 12.0 Å². The number of nitro benzene ring substituents is 1. The van der Waals surface area contributed by atoms with Gasteiger partial charge in [-0.3, -0.25) is 14.9 Å². The molecule has 0 aliphatic heterocycles. The number of benzene rings is 1. The van der Waals surface area contributed by atoms with E-state index in [2.05, 4.69) is 5.32 Å². The fourth-order valence-corrected chi connectivity index (χ4v) is 2.57. The average molecular weight is 262 g/mol. The van der Waals surface area contributed by atoms with E-state index in [0.29, 0.717) is 23.5 Å². The highest BCUT2D eigenvalue weighted by molar-refractivity contribution is 5.79. The van der Waals surface area contributed by atoms with Gasteiger partial charge in [0.2, 0.25) is 0 Å². The van der Waals surface area contributed by atoms with E-state index in [-0.39, 0.29) is 5.69 Å². The minimum atomic E-state index is -0.448. The van der Waals surface area contributed by atoms with Gasteiger partial charge in [-0.05, 0) is 30.9 Å². The van der Waals surface area contributed by atoms with Crippen LogP contribution in [0.25, 0.3) is 0 Å². The molecule has 1 aromatic rings. The van der Waals surface area contributed by atoms with Gasteiger partial charge in [-0.25, -0.2) is 0 Å². The summed E-state index contributed by atoms with van der Waals surface area (Å²) in [4.78, 5) is 21.2. The lowest BCUT2D eigenvalue weighted by atomic mass is 9.89. The van der Waals surface area contributed by atoms with E-state index in [1.807, 2.05) is 0 Å². The molecule has 0 spiro atoms. The normalized spacial score (nSPS) is 16.0. The molecule has 0 radical (unpaired) electrons. The van der Waals surface area contributed by atoms with Crippen LogP contribution in [0.3, 0.4) is 0 Å². The van der Waals surface area contributed by atoms with Crippen LogP contribution < -0.4 is 5.32 Å². The summed E-state index contributed by atoms with van der Waals surface area (Å²) in [6, 6.07) is 4.53. The van der Waals surface area contributed by atoms with Gasteiger partial charge in [-0.1, -0.05) is 19.3 Å². The van der Waals surface area contributed by atoms with Gasteiger partial charge in [0.05, 0.1) is 4.92 Å². The lowest BCUT2D eigenvalue weighted by Gasteiger charge is -2.22. The number of hydrogen-bond acceptors (Lipinski definition) is 4. The summed E-state index contributed by atoms with van der Waals surface area (Å²) < 4.78 is 0. The third-order valence-corrected chi connectivity index (χ3v) is 3.66. The maximum atomic E-state index is 11.0. The van der Waals surface area contributed by atoms with E-state index in [0.717, 1.165) is 6.54 Å². The summed E-state index contributed by atoms with van der Waals surface area (Å²) in [6.45, 7) is 0.765. The lowest BCUT2D eigenvalue weighted by Crippen LogP contribution is -2.17. The number of nitrogens with zero attached hydrogens (tertiary/aromatic N) is 1. The van der Waals surface area contributed by atoms with E-state index in [1.165, 1.54) is 38.2 Å². The molecule has 5 nitrogen and oxygen atoms in total. The van der Waals surface area contributed by atoms with Gasteiger partial charge < -0.3 is 5.32 Å². The summed E-state index contributed by atoms with van der Waals surface area (Å²) in [5.41, 5.74) is 0.802. The molecule has 0 heterocycles. The maximum Gasteiger partial charge on any atom is 0.293 e. The van der Waals surface area contributed by atoms with Gasteiger partial charge in [-0.15, -0.1) is 0 Å². The standard InChI is InChI=1S/C14H18N2O3/c17-10-12-6-7-13(14(8-12)16(18)19)15-9-11-4-2-1-3-5-11/h6-8,10-11,15H,1-5,9H2. The number of carbonyl (C=O) groups excluding carboxylic acids is 1. The summed E-state index contributed by atoms with van der Waals surface area (Å²) in [5, 5.41) is 14.1. The zero-order valence-electron chi connectivity index (χ0n) is 10.8. The quantitative estimate of drug-likeness (QED) is 0.501. The maximum absolute atomic E-state index is 11.0. The van der Waals surface area contributed by atoms with E-state index < -0.39 is 4.92 Å². The Labute approximate surface area is 112 Å². The number of nitrogens with one attached hydrogen (secondary N) is 1. The molecule has 0 aromatic heterocycles. The highest BCUT2D eigenvalue weighted by atomic mass is 16.6. The van der Waals surface area contributed by atoms with Crippen LogP contribution in [0.1, 0.15) is 42.5 Å². The molecule has 0 bridgehead atoms. The molecule has 19 heavy (non-hydrogen) atoms. The van der Waals surface area contributed by atoms with Crippen LogP contribution in [0.5, 0.6) is 0 Å². The van der Waals surface area contributed by atoms with Crippen LogP contribution in [0, 0.1) is 16.0 Å². The van der Waals surface area contributed by atoms with E-state index in [9.17, 15) is 14.9 Å². The number of rotatable bonds is 5. The smallest absolute Gasteiger partial charge is 0.293 e. The predicted octanol–water partition coefficient (Wildman–Crippen LogP) is 3.40. The largest absolute Gasteiger partial charge is 0.379 e. The zero-order valence-corrected chi connectivity index (χ0v) is 10.8. The van der Waals surface area contributed by atoms with Gasteiger partial charge in [0, 0.05) is 18.2 Å². The molecule has 1 aliphatic carbocycles. The van der Waals surface area contributed by atoms with Crippen LogP contribution in [0.15, 0.2) is 18.2 Å². The van der Waals surface area contributed by atoms with E-state index >= 15 is 0 Å². The molecule has 102 valence electrons. The molecule has 2 rings (SSSR count). The Morgan fingerprint density at radius 3 is 2.68 bits per heavy atom. The third kappa shape index (κ3) is 3.53. The summed E-state index contributed by atoms with van der Waals surface area (Å²) in [7, 11) is 0. The molecule has 1 aromatic carbocycles. The molecule has 1 N–H and O–H groups in total. The summed E-state index contributed by atoms with van der Waals surface area (Å²) >= 11 is 0. The third-order valence-electron chi connectivity index (χ3n) is 3.66. The van der Waals surface area contributed by atoms with Crippen molar-refractivity contribution >= 4 is 17.7 Å². The molecule has 1 fully saturated rings. The first-order valence-electron chi connectivity index (χ1n) is 6.68. The second-order valence-electron chi connectivity index (χ2n) is 5.04. The monoisotopic (exact) mass is 262 g/mol. The van der Waals surface area contributed by atoms with Crippen molar-refractivity contribution in [2.75, 3.05) is 11.9 Å². The Kier molecular flexibility index (Phi) is 4.49. The van der Waals surface area contributed by atoms with Gasteiger partial charge in [0.15, 0.2) is 0 Å². The van der Waals surface area contributed by atoms with Crippen molar-refractivity contribution in [2.24, 2.45) is 5.92 Å². The van der Waals surface area contributed by atoms with Crippen molar-refractivity contribution in [3.63, 3.8) is 0 Å². The molecule has 1 aliphatic rings. The molecule has 5 heteroatoms. The van der Waals surface area contributed by atoms with Crippen molar-refractivity contribution in [2.45, 2.75) is 32.1 Å². The van der Waals surface area contributed by atoms with Crippen LogP contribution in [-0.2, 0) is 0 Å². The van der Waals surface area contributed by atoms with Crippen molar-refractivity contribution in [1.82, 2.24) is 0 Å². The number of nitro groups is 1. The van der Waals surface area contributed by atoms with Crippen LogP contribution in [0.4, 0.5) is 11.4 Å². The highest BCUT2D eigenvalue weighted by Crippen LogP contribution is 2.28. The minimum Gasteiger partial charge on any atom is -0.379 e. The molecule has 0 atom stereocenters. The van der Waals surface area contributed by atoms with Crippen molar-refractivity contribution in [3.8, 4) is 0 Å². The fraction of sp³-hybridized carbons (Fsp3) is 0.500. The molecular formula is C14H18N2O3. The first kappa shape index (κ1) is 13.5. The first-order chi connectivity index (χ1) is 9.20. The van der Waals surface area contributed by atoms with E-state index in [1.54, 1.807) is 12.1 Å². The highest BCUT2D eigenvalue weighted by Gasteiger charge is 2.17. The second kappa shape index (κ2) is 6.31.